The Labute approximate surface area is 217 Å². The fraction of sp³-hybridized carbons (Fsp3) is 0.240. The average Bonchev–Trinajstić information content (AvgIpc) is 3.57. The number of carboxylic acids is 1. The van der Waals surface area contributed by atoms with E-state index in [0.29, 0.717) is 23.2 Å². The molecular weight excluding hydrogens is 523 g/mol. The van der Waals surface area contributed by atoms with Crippen molar-refractivity contribution in [2.24, 2.45) is 0 Å². The van der Waals surface area contributed by atoms with Crippen LogP contribution in [0.5, 0.6) is 0 Å². The summed E-state index contributed by atoms with van der Waals surface area (Å²) in [5, 5.41) is 15.7. The minimum absolute atomic E-state index is 0.0310. The zero-order valence-corrected chi connectivity index (χ0v) is 20.6. The molecule has 4 aromatic rings. The topological polar surface area (TPSA) is 126 Å². The van der Waals surface area contributed by atoms with Gasteiger partial charge in [-0.25, -0.2) is 19.6 Å². The molecule has 5 rings (SSSR count). The summed E-state index contributed by atoms with van der Waals surface area (Å²) in [6.45, 7) is 2.08. The Morgan fingerprint density at radius 1 is 1.21 bits per heavy atom. The lowest BCUT2D eigenvalue weighted by molar-refractivity contribution is -0.140. The fourth-order valence-electron chi connectivity index (χ4n) is 4.11. The SMILES string of the molecule is CCNC(=O)Nc1cc(-c2nc(C(F)(F)F)cs2)c(-c2ccc3c(c2)c(=O)c(C(=O)O)cn3C2CC2)cn1. The number of carbonyl (C=O) groups excluding carboxylic acids is 1. The lowest BCUT2D eigenvalue weighted by atomic mass is 9.99. The Hall–Kier alpha value is -4.26. The lowest BCUT2D eigenvalue weighted by Crippen LogP contribution is -2.28. The highest BCUT2D eigenvalue weighted by Crippen LogP contribution is 2.40. The molecule has 3 heterocycles. The maximum Gasteiger partial charge on any atom is 0.434 e. The van der Waals surface area contributed by atoms with Crippen molar-refractivity contribution in [1.29, 1.82) is 0 Å². The molecule has 3 N–H and O–H groups in total. The van der Waals surface area contributed by atoms with Gasteiger partial charge in [-0.1, -0.05) is 6.07 Å². The monoisotopic (exact) mass is 543 g/mol. The number of carbonyl (C=O) groups is 2. The molecule has 1 aliphatic rings. The Kier molecular flexibility index (Phi) is 6.39. The second kappa shape index (κ2) is 9.56. The van der Waals surface area contributed by atoms with E-state index in [1.807, 2.05) is 0 Å². The maximum atomic E-state index is 13.3. The van der Waals surface area contributed by atoms with Crippen LogP contribution in [0.4, 0.5) is 23.8 Å². The Bertz CT molecular complexity index is 1640. The summed E-state index contributed by atoms with van der Waals surface area (Å²) < 4.78 is 41.6. The molecule has 0 unspecified atom stereocenters. The number of alkyl halides is 3. The molecule has 13 heteroatoms. The number of amides is 2. The number of anilines is 1. The molecule has 0 spiro atoms. The highest BCUT2D eigenvalue weighted by atomic mass is 32.1. The number of benzene rings is 1. The van der Waals surface area contributed by atoms with E-state index in [1.165, 1.54) is 24.5 Å². The Morgan fingerprint density at radius 2 is 1.97 bits per heavy atom. The summed E-state index contributed by atoms with van der Waals surface area (Å²) in [6.07, 6.45) is -0.203. The lowest BCUT2D eigenvalue weighted by Gasteiger charge is -2.14. The third-order valence-corrected chi connectivity index (χ3v) is 6.90. The Morgan fingerprint density at radius 3 is 2.61 bits per heavy atom. The van der Waals surface area contributed by atoms with Crippen molar-refractivity contribution in [3.05, 3.63) is 63.5 Å². The number of rotatable bonds is 6. The van der Waals surface area contributed by atoms with E-state index >= 15 is 0 Å². The summed E-state index contributed by atoms with van der Waals surface area (Å²) in [4.78, 5) is 44.8. The molecule has 3 aromatic heterocycles. The van der Waals surface area contributed by atoms with Crippen LogP contribution in [0.25, 0.3) is 32.6 Å². The Balaban J connectivity index is 1.69. The van der Waals surface area contributed by atoms with Crippen LogP contribution in [-0.4, -0.2) is 38.2 Å². The van der Waals surface area contributed by atoms with Gasteiger partial charge in [0.05, 0.1) is 5.52 Å². The molecule has 196 valence electrons. The number of nitrogens with one attached hydrogen (secondary N) is 2. The molecule has 9 nitrogen and oxygen atoms in total. The zero-order chi connectivity index (χ0) is 27.2. The number of fused-ring (bicyclic) bond motifs is 1. The number of thiazole rings is 1. The molecule has 1 aromatic carbocycles. The summed E-state index contributed by atoms with van der Waals surface area (Å²) >= 11 is 0.773. The van der Waals surface area contributed by atoms with Crippen molar-refractivity contribution in [3.8, 4) is 21.7 Å². The van der Waals surface area contributed by atoms with Gasteiger partial charge < -0.3 is 15.0 Å². The zero-order valence-electron chi connectivity index (χ0n) is 19.8. The second-order valence-electron chi connectivity index (χ2n) is 8.68. The quantitative estimate of drug-likeness (QED) is 0.300. The van der Waals surface area contributed by atoms with Crippen LogP contribution < -0.4 is 16.1 Å². The molecule has 0 atom stereocenters. The van der Waals surface area contributed by atoms with Crippen molar-refractivity contribution >= 4 is 40.1 Å². The summed E-state index contributed by atoms with van der Waals surface area (Å²) in [6, 6.07) is 5.85. The van der Waals surface area contributed by atoms with Gasteiger partial charge >= 0.3 is 18.2 Å². The van der Waals surface area contributed by atoms with Crippen molar-refractivity contribution < 1.29 is 27.9 Å². The molecule has 0 bridgehead atoms. The van der Waals surface area contributed by atoms with Crippen molar-refractivity contribution in [2.75, 3.05) is 11.9 Å². The van der Waals surface area contributed by atoms with Gasteiger partial charge in [0.1, 0.15) is 16.4 Å². The molecule has 2 amide bonds. The van der Waals surface area contributed by atoms with E-state index in [-0.39, 0.29) is 33.4 Å². The highest BCUT2D eigenvalue weighted by Gasteiger charge is 2.34. The first kappa shape index (κ1) is 25.4. The normalized spacial score (nSPS) is 13.5. The van der Waals surface area contributed by atoms with Crippen LogP contribution >= 0.6 is 11.3 Å². The molecular formula is C25H20F3N5O4S. The minimum atomic E-state index is -4.64. The summed E-state index contributed by atoms with van der Waals surface area (Å²) in [5.74, 6) is -1.26. The predicted octanol–water partition coefficient (Wildman–Crippen LogP) is 5.38. The van der Waals surface area contributed by atoms with E-state index in [2.05, 4.69) is 20.6 Å². The van der Waals surface area contributed by atoms with E-state index < -0.39 is 29.3 Å². The van der Waals surface area contributed by atoms with Crippen LogP contribution in [0.3, 0.4) is 0 Å². The number of aromatic nitrogens is 3. The van der Waals surface area contributed by atoms with Gasteiger partial charge in [0, 0.05) is 46.9 Å². The van der Waals surface area contributed by atoms with Crippen LogP contribution in [0.2, 0.25) is 0 Å². The minimum Gasteiger partial charge on any atom is -0.477 e. The first-order valence-electron chi connectivity index (χ1n) is 11.6. The maximum absolute atomic E-state index is 13.3. The van der Waals surface area contributed by atoms with Crippen LogP contribution in [0.1, 0.15) is 41.9 Å². The molecule has 1 aliphatic carbocycles. The molecule has 1 fully saturated rings. The van der Waals surface area contributed by atoms with Crippen LogP contribution in [0.15, 0.2) is 46.8 Å². The van der Waals surface area contributed by atoms with Crippen molar-refractivity contribution in [1.82, 2.24) is 19.9 Å². The van der Waals surface area contributed by atoms with E-state index in [1.54, 1.807) is 23.6 Å². The summed E-state index contributed by atoms with van der Waals surface area (Å²) in [7, 11) is 0. The number of nitrogens with zero attached hydrogens (tertiary/aromatic N) is 3. The standard InChI is InChI=1S/C25H20F3N5O4S/c1-2-29-24(37)32-20-8-14(22-31-19(11-38-22)25(26,27)28)16(9-30-20)12-3-6-18-15(7-12)21(34)17(23(35)36)10-33(18)13-4-5-13/h3,6-11,13H,2,4-5H2,1H3,(H,35,36)(H2,29,30,32,37). The number of urea groups is 1. The van der Waals surface area contributed by atoms with E-state index in [9.17, 15) is 32.7 Å². The smallest absolute Gasteiger partial charge is 0.434 e. The third-order valence-electron chi connectivity index (χ3n) is 6.02. The molecule has 38 heavy (non-hydrogen) atoms. The molecule has 1 saturated carbocycles. The van der Waals surface area contributed by atoms with E-state index in [0.717, 1.165) is 29.6 Å². The number of aromatic carboxylic acids is 1. The van der Waals surface area contributed by atoms with Crippen LogP contribution in [0, 0.1) is 0 Å². The van der Waals surface area contributed by atoms with Crippen LogP contribution in [-0.2, 0) is 6.18 Å². The van der Waals surface area contributed by atoms with Gasteiger partial charge in [-0.2, -0.15) is 13.2 Å². The highest BCUT2D eigenvalue weighted by molar-refractivity contribution is 7.13. The van der Waals surface area contributed by atoms with Gasteiger partial charge in [-0.15, -0.1) is 11.3 Å². The predicted molar refractivity (Wildman–Crippen MR) is 135 cm³/mol. The van der Waals surface area contributed by atoms with Gasteiger partial charge in [-0.3, -0.25) is 10.1 Å². The molecule has 0 saturated heterocycles. The van der Waals surface area contributed by atoms with Crippen molar-refractivity contribution in [2.45, 2.75) is 32.0 Å². The first-order chi connectivity index (χ1) is 18.1. The number of pyridine rings is 2. The summed E-state index contributed by atoms with van der Waals surface area (Å²) in [5.41, 5.74) is -0.493. The van der Waals surface area contributed by atoms with Gasteiger partial charge in [0.25, 0.3) is 0 Å². The third kappa shape index (κ3) is 4.84. The molecule has 0 aliphatic heterocycles. The number of halogens is 3. The molecule has 0 radical (unpaired) electrons. The fourth-order valence-corrected chi connectivity index (χ4v) is 4.97. The van der Waals surface area contributed by atoms with Gasteiger partial charge in [-0.05, 0) is 43.5 Å². The number of carboxylic acid groups (broad SMARTS) is 1. The second-order valence-corrected chi connectivity index (χ2v) is 9.54. The van der Waals surface area contributed by atoms with Gasteiger partial charge in [0.15, 0.2) is 5.69 Å². The first-order valence-corrected chi connectivity index (χ1v) is 12.4. The van der Waals surface area contributed by atoms with Crippen molar-refractivity contribution in [3.63, 3.8) is 0 Å². The van der Waals surface area contributed by atoms with E-state index in [4.69, 9.17) is 0 Å². The number of hydrogen-bond donors (Lipinski definition) is 3. The average molecular weight is 544 g/mol. The number of hydrogen-bond acceptors (Lipinski definition) is 6. The largest absolute Gasteiger partial charge is 0.477 e. The van der Waals surface area contributed by atoms with Gasteiger partial charge in [0.2, 0.25) is 5.43 Å².